The van der Waals surface area contributed by atoms with Gasteiger partial charge in [-0.1, -0.05) is 0 Å². The van der Waals surface area contributed by atoms with E-state index >= 15 is 0 Å². The van der Waals surface area contributed by atoms with Crippen LogP contribution in [0.5, 0.6) is 0 Å². The van der Waals surface area contributed by atoms with E-state index in [1.165, 1.54) is 0 Å². The Morgan fingerprint density at radius 2 is 2.33 bits per heavy atom. The molecule has 0 saturated carbocycles. The number of hydrogen-bond donors (Lipinski definition) is 3. The van der Waals surface area contributed by atoms with E-state index in [1.807, 2.05) is 6.92 Å². The fraction of sp³-hybridized carbons (Fsp3) is 0.800. The van der Waals surface area contributed by atoms with Crippen LogP contribution in [0.2, 0.25) is 0 Å². The Hall–Kier alpha value is -0.770. The van der Waals surface area contributed by atoms with Crippen molar-refractivity contribution in [2.24, 2.45) is 5.73 Å². The van der Waals surface area contributed by atoms with Gasteiger partial charge in [-0.15, -0.1) is 0 Å². The van der Waals surface area contributed by atoms with Gasteiger partial charge in [-0.05, 0) is 6.92 Å². The van der Waals surface area contributed by atoms with Gasteiger partial charge in [0, 0.05) is 19.6 Å². The number of amides is 2. The van der Waals surface area contributed by atoms with Crippen molar-refractivity contribution in [3.63, 3.8) is 0 Å². The molecule has 0 radical (unpaired) electrons. The predicted octanol–water partition coefficient (Wildman–Crippen LogP) is -0.737. The third-order valence-electron chi connectivity index (χ3n) is 0.812. The predicted molar refractivity (Wildman–Crippen MR) is 36.1 cm³/mol. The van der Waals surface area contributed by atoms with Crippen molar-refractivity contribution in [1.29, 1.82) is 0 Å². The van der Waals surface area contributed by atoms with E-state index < -0.39 is 0 Å². The van der Waals surface area contributed by atoms with Gasteiger partial charge in [0.25, 0.3) is 0 Å². The van der Waals surface area contributed by atoms with Crippen molar-refractivity contribution in [2.45, 2.75) is 13.0 Å². The fourth-order valence-electron chi connectivity index (χ4n) is 0.342. The molecule has 0 aromatic rings. The molecule has 0 aliphatic heterocycles. The minimum Gasteiger partial charge on any atom is -0.341 e. The van der Waals surface area contributed by atoms with E-state index in [2.05, 4.69) is 10.6 Å². The van der Waals surface area contributed by atoms with Gasteiger partial charge in [-0.3, -0.25) is 0 Å². The van der Waals surface area contributed by atoms with Gasteiger partial charge in [-0.25, -0.2) is 4.79 Å². The maximum atomic E-state index is 10.4. The summed E-state index contributed by atoms with van der Waals surface area (Å²) in [5, 5.41) is 4.97. The van der Waals surface area contributed by atoms with Gasteiger partial charge in [0.05, 0.1) is 0 Å². The first kappa shape index (κ1) is 8.23. The standard InChI is InChI=1S/C5H13N3O/c1-4(6)3-8-5(9)7-2/h4H,3,6H2,1-2H3,(H2,7,8,9). The number of nitrogens with one attached hydrogen (secondary N) is 2. The molecule has 0 aromatic carbocycles. The smallest absolute Gasteiger partial charge is 0.314 e. The number of nitrogens with two attached hydrogens (primary N) is 1. The second kappa shape index (κ2) is 4.14. The maximum absolute atomic E-state index is 10.4. The van der Waals surface area contributed by atoms with Crippen molar-refractivity contribution in [1.82, 2.24) is 10.6 Å². The molecule has 0 saturated heterocycles. The van der Waals surface area contributed by atoms with Crippen LogP contribution in [-0.2, 0) is 0 Å². The summed E-state index contributed by atoms with van der Waals surface area (Å²) in [7, 11) is 1.57. The molecule has 4 nitrogen and oxygen atoms in total. The summed E-state index contributed by atoms with van der Waals surface area (Å²) in [5.74, 6) is 0. The van der Waals surface area contributed by atoms with Gasteiger partial charge < -0.3 is 16.4 Å². The van der Waals surface area contributed by atoms with E-state index in [1.54, 1.807) is 7.05 Å². The van der Waals surface area contributed by atoms with Crippen molar-refractivity contribution in [3.8, 4) is 0 Å². The molecule has 0 heterocycles. The third-order valence-corrected chi connectivity index (χ3v) is 0.812. The van der Waals surface area contributed by atoms with Crippen LogP contribution < -0.4 is 16.4 Å². The zero-order valence-electron chi connectivity index (χ0n) is 5.77. The largest absolute Gasteiger partial charge is 0.341 e. The lowest BCUT2D eigenvalue weighted by molar-refractivity contribution is 0.242. The van der Waals surface area contributed by atoms with Crippen LogP contribution in [0.15, 0.2) is 0 Å². The summed E-state index contributed by atoms with van der Waals surface area (Å²) >= 11 is 0. The molecule has 0 aliphatic rings. The zero-order valence-corrected chi connectivity index (χ0v) is 5.77. The highest BCUT2D eigenvalue weighted by molar-refractivity contribution is 5.73. The van der Waals surface area contributed by atoms with Gasteiger partial charge in [-0.2, -0.15) is 0 Å². The minimum absolute atomic E-state index is 0.0160. The maximum Gasteiger partial charge on any atom is 0.314 e. The van der Waals surface area contributed by atoms with Crippen molar-refractivity contribution >= 4 is 6.03 Å². The molecule has 0 aromatic heterocycles. The molecule has 4 heteroatoms. The molecule has 2 amide bonds. The molecule has 9 heavy (non-hydrogen) atoms. The van der Waals surface area contributed by atoms with Gasteiger partial charge in [0.2, 0.25) is 0 Å². The summed E-state index contributed by atoms with van der Waals surface area (Å²) < 4.78 is 0. The van der Waals surface area contributed by atoms with E-state index in [0.29, 0.717) is 6.54 Å². The van der Waals surface area contributed by atoms with Crippen LogP contribution in [-0.4, -0.2) is 25.7 Å². The molecule has 0 rings (SSSR count). The number of rotatable bonds is 2. The summed E-state index contributed by atoms with van der Waals surface area (Å²) in [6.07, 6.45) is 0. The number of urea groups is 1. The Morgan fingerprint density at radius 1 is 1.78 bits per heavy atom. The van der Waals surface area contributed by atoms with Crippen LogP contribution >= 0.6 is 0 Å². The average molecular weight is 131 g/mol. The molecule has 1 atom stereocenters. The topological polar surface area (TPSA) is 67.2 Å². The lowest BCUT2D eigenvalue weighted by atomic mass is 10.4. The van der Waals surface area contributed by atoms with Gasteiger partial charge in [0.1, 0.15) is 0 Å². The summed E-state index contributed by atoms with van der Waals surface area (Å²) in [4.78, 5) is 10.4. The Labute approximate surface area is 54.8 Å². The lowest BCUT2D eigenvalue weighted by Gasteiger charge is -2.05. The van der Waals surface area contributed by atoms with Crippen molar-refractivity contribution in [3.05, 3.63) is 0 Å². The summed E-state index contributed by atoms with van der Waals surface area (Å²) in [6.45, 7) is 2.34. The second-order valence-corrected chi connectivity index (χ2v) is 1.94. The first-order valence-electron chi connectivity index (χ1n) is 2.88. The minimum atomic E-state index is -0.188. The lowest BCUT2D eigenvalue weighted by Crippen LogP contribution is -2.39. The molecular formula is C5H13N3O. The third kappa shape index (κ3) is 5.10. The first-order chi connectivity index (χ1) is 4.16. The monoisotopic (exact) mass is 131 g/mol. The fourth-order valence-corrected chi connectivity index (χ4v) is 0.342. The quantitative estimate of drug-likeness (QED) is 0.462. The molecule has 0 spiro atoms. The summed E-state index contributed by atoms with van der Waals surface area (Å²) in [6, 6.07) is -0.172. The van der Waals surface area contributed by atoms with E-state index in [4.69, 9.17) is 5.73 Å². The van der Waals surface area contributed by atoms with Crippen LogP contribution in [0.1, 0.15) is 6.92 Å². The Kier molecular flexibility index (Phi) is 3.79. The highest BCUT2D eigenvalue weighted by atomic mass is 16.2. The molecule has 0 fully saturated rings. The second-order valence-electron chi connectivity index (χ2n) is 1.94. The highest BCUT2D eigenvalue weighted by Gasteiger charge is 1.95. The van der Waals surface area contributed by atoms with Crippen LogP contribution in [0.25, 0.3) is 0 Å². The average Bonchev–Trinajstić information content (AvgIpc) is 1.83. The SMILES string of the molecule is CNC(=O)NCC(C)N. The molecular weight excluding hydrogens is 118 g/mol. The Bertz CT molecular complexity index is 92.2. The molecule has 0 bridgehead atoms. The number of carbonyl (C=O) groups excluding carboxylic acids is 1. The van der Waals surface area contributed by atoms with Crippen molar-refractivity contribution < 1.29 is 4.79 Å². The number of carbonyl (C=O) groups is 1. The first-order valence-corrected chi connectivity index (χ1v) is 2.88. The zero-order chi connectivity index (χ0) is 7.28. The molecule has 1 unspecified atom stereocenters. The van der Waals surface area contributed by atoms with Crippen molar-refractivity contribution in [2.75, 3.05) is 13.6 Å². The normalized spacial score (nSPS) is 12.3. The molecule has 54 valence electrons. The van der Waals surface area contributed by atoms with E-state index in [9.17, 15) is 4.79 Å². The highest BCUT2D eigenvalue weighted by Crippen LogP contribution is 1.68. The summed E-state index contributed by atoms with van der Waals surface area (Å²) in [5.41, 5.74) is 5.35. The van der Waals surface area contributed by atoms with Crippen LogP contribution in [0.4, 0.5) is 4.79 Å². The Morgan fingerprint density at radius 3 is 2.67 bits per heavy atom. The van der Waals surface area contributed by atoms with E-state index in [-0.39, 0.29) is 12.1 Å². The molecule has 4 N–H and O–H groups in total. The van der Waals surface area contributed by atoms with Gasteiger partial charge in [0.15, 0.2) is 0 Å². The number of hydrogen-bond acceptors (Lipinski definition) is 2. The van der Waals surface area contributed by atoms with Crippen LogP contribution in [0, 0.1) is 0 Å². The van der Waals surface area contributed by atoms with Crippen LogP contribution in [0.3, 0.4) is 0 Å². The van der Waals surface area contributed by atoms with Gasteiger partial charge >= 0.3 is 6.03 Å². The Balaban J connectivity index is 3.17. The van der Waals surface area contributed by atoms with E-state index in [0.717, 1.165) is 0 Å². The molecule has 0 aliphatic carbocycles.